The first-order valence-corrected chi connectivity index (χ1v) is 7.76. The minimum absolute atomic E-state index is 0.0351. The van der Waals surface area contributed by atoms with E-state index in [1.807, 2.05) is 0 Å². The van der Waals surface area contributed by atoms with E-state index in [2.05, 4.69) is 34.6 Å². The van der Waals surface area contributed by atoms with Crippen molar-refractivity contribution >= 4 is 0 Å². The molecule has 0 amide bonds. The fraction of sp³-hybridized carbons (Fsp3) is 1.00. The highest BCUT2D eigenvalue weighted by Crippen LogP contribution is 2.42. The van der Waals surface area contributed by atoms with Crippen molar-refractivity contribution in [3.8, 4) is 0 Å². The lowest BCUT2D eigenvalue weighted by molar-refractivity contribution is -0.253. The van der Waals surface area contributed by atoms with Crippen LogP contribution in [-0.2, 0) is 9.47 Å². The van der Waals surface area contributed by atoms with Gasteiger partial charge in [-0.2, -0.15) is 0 Å². The number of ether oxygens (including phenoxy) is 2. The molecular formula is C16H32O2. The fourth-order valence-electron chi connectivity index (χ4n) is 3.02. The Morgan fingerprint density at radius 1 is 1.17 bits per heavy atom. The molecule has 2 aliphatic rings. The fourth-order valence-corrected chi connectivity index (χ4v) is 3.02. The second kappa shape index (κ2) is 7.49. The van der Waals surface area contributed by atoms with E-state index in [1.165, 1.54) is 32.1 Å². The third-order valence-corrected chi connectivity index (χ3v) is 3.84. The molecule has 0 N–H and O–H groups in total. The predicted octanol–water partition coefficient (Wildman–Crippen LogP) is 4.63. The molecule has 2 nitrogen and oxygen atoms in total. The minimum Gasteiger partial charge on any atom is -0.352 e. The maximum Gasteiger partial charge on any atom is 0.159 e. The van der Waals surface area contributed by atoms with E-state index in [4.69, 9.17) is 9.47 Å². The molecule has 1 aliphatic carbocycles. The topological polar surface area (TPSA) is 18.5 Å². The van der Waals surface area contributed by atoms with E-state index in [1.54, 1.807) is 0 Å². The monoisotopic (exact) mass is 256 g/mol. The van der Waals surface area contributed by atoms with Crippen molar-refractivity contribution in [3.05, 3.63) is 0 Å². The van der Waals surface area contributed by atoms with Crippen LogP contribution in [0.4, 0.5) is 0 Å². The number of hydrogen-bond acceptors (Lipinski definition) is 2. The zero-order valence-corrected chi connectivity index (χ0v) is 13.0. The molecule has 0 aromatic heterocycles. The highest BCUT2D eigenvalue weighted by atomic mass is 16.7. The molecule has 1 aliphatic heterocycles. The summed E-state index contributed by atoms with van der Waals surface area (Å²) in [4.78, 5) is 0. The van der Waals surface area contributed by atoms with Crippen LogP contribution in [0.15, 0.2) is 0 Å². The summed E-state index contributed by atoms with van der Waals surface area (Å²) in [5.74, 6) is 1.32. The summed E-state index contributed by atoms with van der Waals surface area (Å²) < 4.78 is 11.7. The maximum absolute atomic E-state index is 5.86. The molecule has 0 aromatic rings. The Balaban J connectivity index is 0.000000492. The van der Waals surface area contributed by atoms with Crippen LogP contribution in [0.2, 0.25) is 0 Å². The lowest BCUT2D eigenvalue weighted by Crippen LogP contribution is -2.45. The summed E-state index contributed by atoms with van der Waals surface area (Å²) in [6.07, 6.45) is 6.60. The average molecular weight is 256 g/mol. The summed E-state index contributed by atoms with van der Waals surface area (Å²) in [6.45, 7) is 12.8. The Labute approximate surface area is 113 Å². The van der Waals surface area contributed by atoms with E-state index in [-0.39, 0.29) is 6.29 Å². The Morgan fingerprint density at radius 2 is 1.72 bits per heavy atom. The molecule has 0 bridgehead atoms. The van der Waals surface area contributed by atoms with Crippen LogP contribution in [0.3, 0.4) is 0 Å². The van der Waals surface area contributed by atoms with Gasteiger partial charge < -0.3 is 9.47 Å². The van der Waals surface area contributed by atoms with Gasteiger partial charge in [0.25, 0.3) is 0 Å². The van der Waals surface area contributed by atoms with Crippen molar-refractivity contribution < 1.29 is 9.47 Å². The van der Waals surface area contributed by atoms with Crippen LogP contribution >= 0.6 is 0 Å². The summed E-state index contributed by atoms with van der Waals surface area (Å²) in [7, 11) is 0. The largest absolute Gasteiger partial charge is 0.352 e. The number of hydrogen-bond donors (Lipinski definition) is 0. The van der Waals surface area contributed by atoms with Crippen molar-refractivity contribution in [2.45, 2.75) is 73.0 Å². The molecule has 18 heavy (non-hydrogen) atoms. The van der Waals surface area contributed by atoms with Gasteiger partial charge in [0.2, 0.25) is 0 Å². The lowest BCUT2D eigenvalue weighted by Gasteiger charge is -2.45. The van der Waals surface area contributed by atoms with Crippen LogP contribution < -0.4 is 0 Å². The van der Waals surface area contributed by atoms with Crippen LogP contribution in [0.5, 0.6) is 0 Å². The van der Waals surface area contributed by atoms with Gasteiger partial charge in [0.1, 0.15) is 0 Å². The molecule has 1 saturated heterocycles. The SMILES string of the molecule is CC(C)C1OCC2(CCC[C@@H](C)C2)CO1.CCC. The molecule has 2 rings (SSSR count). The van der Waals surface area contributed by atoms with Crippen molar-refractivity contribution in [1.29, 1.82) is 0 Å². The Hall–Kier alpha value is -0.0800. The maximum atomic E-state index is 5.86. The second-order valence-corrected chi connectivity index (χ2v) is 6.64. The molecule has 1 spiro atoms. The van der Waals surface area contributed by atoms with Gasteiger partial charge in [-0.15, -0.1) is 0 Å². The van der Waals surface area contributed by atoms with Gasteiger partial charge in [-0.25, -0.2) is 0 Å². The van der Waals surface area contributed by atoms with E-state index in [0.717, 1.165) is 19.1 Å². The van der Waals surface area contributed by atoms with Crippen molar-refractivity contribution in [2.75, 3.05) is 13.2 Å². The van der Waals surface area contributed by atoms with Crippen LogP contribution in [0.1, 0.15) is 66.7 Å². The Bertz CT molecular complexity index is 217. The van der Waals surface area contributed by atoms with Crippen LogP contribution in [0, 0.1) is 17.3 Å². The van der Waals surface area contributed by atoms with E-state index in [9.17, 15) is 0 Å². The highest BCUT2D eigenvalue weighted by Gasteiger charge is 2.40. The van der Waals surface area contributed by atoms with E-state index >= 15 is 0 Å². The molecule has 2 heteroatoms. The first-order valence-electron chi connectivity index (χ1n) is 7.76. The molecule has 0 radical (unpaired) electrons. The third-order valence-electron chi connectivity index (χ3n) is 3.84. The first-order chi connectivity index (χ1) is 8.53. The van der Waals surface area contributed by atoms with E-state index < -0.39 is 0 Å². The van der Waals surface area contributed by atoms with Crippen LogP contribution in [0.25, 0.3) is 0 Å². The normalized spacial score (nSPS) is 36.3. The molecular weight excluding hydrogens is 224 g/mol. The van der Waals surface area contributed by atoms with Gasteiger partial charge in [0.05, 0.1) is 13.2 Å². The molecule has 1 atom stereocenters. The van der Waals surface area contributed by atoms with Gasteiger partial charge in [-0.3, -0.25) is 0 Å². The van der Waals surface area contributed by atoms with Gasteiger partial charge in [-0.1, -0.05) is 53.9 Å². The lowest BCUT2D eigenvalue weighted by atomic mass is 9.71. The predicted molar refractivity (Wildman–Crippen MR) is 76.6 cm³/mol. The van der Waals surface area contributed by atoms with Crippen LogP contribution in [-0.4, -0.2) is 19.5 Å². The summed E-state index contributed by atoms with van der Waals surface area (Å²) in [6, 6.07) is 0. The average Bonchev–Trinajstić information content (AvgIpc) is 2.30. The first kappa shape index (κ1) is 16.0. The summed E-state index contributed by atoms with van der Waals surface area (Å²) >= 11 is 0. The Morgan fingerprint density at radius 3 is 2.17 bits per heavy atom. The summed E-state index contributed by atoms with van der Waals surface area (Å²) in [5, 5.41) is 0. The quantitative estimate of drug-likeness (QED) is 0.681. The standard InChI is InChI=1S/C13H24O2.C3H8/c1-10(2)12-14-8-13(9-15-12)6-4-5-11(3)7-13;1-3-2/h10-12H,4-9H2,1-3H3;3H2,1-2H3/t11-,12?,13?;/m1./s1. The van der Waals surface area contributed by atoms with E-state index in [0.29, 0.717) is 11.3 Å². The van der Waals surface area contributed by atoms with Gasteiger partial charge in [-0.05, 0) is 18.8 Å². The van der Waals surface area contributed by atoms with Gasteiger partial charge in [0, 0.05) is 11.3 Å². The molecule has 2 fully saturated rings. The molecule has 0 unspecified atom stereocenters. The molecule has 1 saturated carbocycles. The molecule has 108 valence electrons. The number of rotatable bonds is 1. The van der Waals surface area contributed by atoms with Gasteiger partial charge in [0.15, 0.2) is 6.29 Å². The van der Waals surface area contributed by atoms with Crippen molar-refractivity contribution in [1.82, 2.24) is 0 Å². The minimum atomic E-state index is 0.0351. The highest BCUT2D eigenvalue weighted by molar-refractivity contribution is 4.87. The van der Waals surface area contributed by atoms with Crippen molar-refractivity contribution in [2.24, 2.45) is 17.3 Å². The third kappa shape index (κ3) is 4.55. The summed E-state index contributed by atoms with van der Waals surface area (Å²) in [5.41, 5.74) is 0.350. The second-order valence-electron chi connectivity index (χ2n) is 6.64. The molecule has 0 aromatic carbocycles. The Kier molecular flexibility index (Phi) is 6.65. The zero-order valence-electron chi connectivity index (χ0n) is 13.0. The van der Waals surface area contributed by atoms with Crippen molar-refractivity contribution in [3.63, 3.8) is 0 Å². The van der Waals surface area contributed by atoms with Gasteiger partial charge >= 0.3 is 0 Å². The zero-order chi connectivity index (χ0) is 13.6. The smallest absolute Gasteiger partial charge is 0.159 e. The molecule has 1 heterocycles.